The van der Waals surface area contributed by atoms with Crippen molar-refractivity contribution in [3.05, 3.63) is 29.3 Å². The van der Waals surface area contributed by atoms with Gasteiger partial charge in [-0.15, -0.1) is 0 Å². The van der Waals surface area contributed by atoms with Gasteiger partial charge < -0.3 is 14.4 Å². The second-order valence-corrected chi connectivity index (χ2v) is 4.82. The van der Waals surface area contributed by atoms with Gasteiger partial charge in [0.25, 0.3) is 5.91 Å². The third kappa shape index (κ3) is 3.57. The Balaban J connectivity index is 1.93. The first kappa shape index (κ1) is 14.5. The van der Waals surface area contributed by atoms with Crippen LogP contribution in [0.3, 0.4) is 0 Å². The van der Waals surface area contributed by atoms with E-state index < -0.39 is 0 Å². The molecule has 0 bridgehead atoms. The first-order valence-corrected chi connectivity index (χ1v) is 6.68. The molecule has 1 saturated heterocycles. The number of rotatable bonds is 4. The minimum atomic E-state index is -0.0386. The standard InChI is InChI=1S/C15H19NO4/c1-11-9-13(12(2)17)3-4-14(11)20-10-15(18)16-5-7-19-8-6-16/h3-4,9H,5-8,10H2,1-2H3. The van der Waals surface area contributed by atoms with Crippen molar-refractivity contribution in [1.82, 2.24) is 4.90 Å². The van der Waals surface area contributed by atoms with Gasteiger partial charge >= 0.3 is 0 Å². The maximum absolute atomic E-state index is 11.9. The van der Waals surface area contributed by atoms with Crippen molar-refractivity contribution >= 4 is 11.7 Å². The summed E-state index contributed by atoms with van der Waals surface area (Å²) in [6.07, 6.45) is 0. The van der Waals surface area contributed by atoms with Gasteiger partial charge in [-0.2, -0.15) is 0 Å². The second-order valence-electron chi connectivity index (χ2n) is 4.82. The SMILES string of the molecule is CC(=O)c1ccc(OCC(=O)N2CCOCC2)c(C)c1. The Kier molecular flexibility index (Phi) is 4.74. The third-order valence-corrected chi connectivity index (χ3v) is 3.30. The molecule has 0 saturated carbocycles. The highest BCUT2D eigenvalue weighted by Crippen LogP contribution is 2.19. The van der Waals surface area contributed by atoms with Gasteiger partial charge in [0.1, 0.15) is 5.75 Å². The Bertz CT molecular complexity index is 507. The molecule has 5 nitrogen and oxygen atoms in total. The molecular formula is C15H19NO4. The fourth-order valence-electron chi connectivity index (χ4n) is 2.07. The van der Waals surface area contributed by atoms with E-state index in [2.05, 4.69) is 0 Å². The van der Waals surface area contributed by atoms with Crippen LogP contribution in [0.1, 0.15) is 22.8 Å². The predicted octanol–water partition coefficient (Wildman–Crippen LogP) is 1.44. The van der Waals surface area contributed by atoms with Crippen molar-refractivity contribution in [3.63, 3.8) is 0 Å². The lowest BCUT2D eigenvalue weighted by Gasteiger charge is -2.26. The molecule has 1 amide bonds. The zero-order valence-electron chi connectivity index (χ0n) is 11.8. The van der Waals surface area contributed by atoms with Crippen LogP contribution < -0.4 is 4.74 Å². The van der Waals surface area contributed by atoms with Crippen LogP contribution in [0.15, 0.2) is 18.2 Å². The first-order valence-electron chi connectivity index (χ1n) is 6.68. The van der Waals surface area contributed by atoms with E-state index in [1.165, 1.54) is 6.92 Å². The summed E-state index contributed by atoms with van der Waals surface area (Å²) in [5.41, 5.74) is 1.50. The topological polar surface area (TPSA) is 55.8 Å². The Morgan fingerprint density at radius 3 is 2.60 bits per heavy atom. The van der Waals surface area contributed by atoms with Crippen molar-refractivity contribution in [2.24, 2.45) is 0 Å². The largest absolute Gasteiger partial charge is 0.483 e. The minimum absolute atomic E-state index is 0.0141. The molecule has 0 spiro atoms. The van der Waals surface area contributed by atoms with Crippen molar-refractivity contribution in [3.8, 4) is 5.75 Å². The summed E-state index contributed by atoms with van der Waals surface area (Å²) in [7, 11) is 0. The molecule has 20 heavy (non-hydrogen) atoms. The van der Waals surface area contributed by atoms with Gasteiger partial charge in [0.15, 0.2) is 12.4 Å². The zero-order chi connectivity index (χ0) is 14.5. The number of hydrogen-bond donors (Lipinski definition) is 0. The quantitative estimate of drug-likeness (QED) is 0.781. The number of benzene rings is 1. The summed E-state index contributed by atoms with van der Waals surface area (Å²) in [4.78, 5) is 25.0. The highest BCUT2D eigenvalue weighted by atomic mass is 16.5. The molecule has 0 aromatic heterocycles. The second kappa shape index (κ2) is 6.52. The molecule has 1 heterocycles. The summed E-state index contributed by atoms with van der Waals surface area (Å²) >= 11 is 0. The normalized spacial score (nSPS) is 15.0. The predicted molar refractivity (Wildman–Crippen MR) is 74.1 cm³/mol. The number of morpholine rings is 1. The van der Waals surface area contributed by atoms with Crippen LogP contribution in [0, 0.1) is 6.92 Å². The smallest absolute Gasteiger partial charge is 0.260 e. The van der Waals surface area contributed by atoms with E-state index in [-0.39, 0.29) is 18.3 Å². The number of Topliss-reactive ketones (excluding diaryl/α,β-unsaturated/α-hetero) is 1. The fourth-order valence-corrected chi connectivity index (χ4v) is 2.07. The van der Waals surface area contributed by atoms with E-state index in [0.717, 1.165) is 5.56 Å². The van der Waals surface area contributed by atoms with E-state index in [1.54, 1.807) is 23.1 Å². The van der Waals surface area contributed by atoms with E-state index in [1.807, 2.05) is 6.92 Å². The van der Waals surface area contributed by atoms with E-state index in [4.69, 9.17) is 9.47 Å². The van der Waals surface area contributed by atoms with Gasteiger partial charge in [0, 0.05) is 18.7 Å². The van der Waals surface area contributed by atoms with Gasteiger partial charge in [0.05, 0.1) is 13.2 Å². The molecule has 0 N–H and O–H groups in total. The van der Waals surface area contributed by atoms with E-state index in [9.17, 15) is 9.59 Å². The van der Waals surface area contributed by atoms with Gasteiger partial charge in [0.2, 0.25) is 0 Å². The highest BCUT2D eigenvalue weighted by molar-refractivity contribution is 5.94. The molecule has 1 aliphatic heterocycles. The molecule has 1 fully saturated rings. The Morgan fingerprint density at radius 1 is 1.30 bits per heavy atom. The number of carbonyl (C=O) groups is 2. The summed E-state index contributed by atoms with van der Waals surface area (Å²) < 4.78 is 10.7. The monoisotopic (exact) mass is 277 g/mol. The van der Waals surface area contributed by atoms with Gasteiger partial charge in [-0.3, -0.25) is 9.59 Å². The zero-order valence-corrected chi connectivity index (χ0v) is 11.8. The molecule has 1 aromatic carbocycles. The number of carbonyl (C=O) groups excluding carboxylic acids is 2. The van der Waals surface area contributed by atoms with E-state index in [0.29, 0.717) is 37.6 Å². The first-order chi connectivity index (χ1) is 9.58. The maximum Gasteiger partial charge on any atom is 0.260 e. The van der Waals surface area contributed by atoms with Crippen LogP contribution in [0.4, 0.5) is 0 Å². The molecule has 0 atom stereocenters. The maximum atomic E-state index is 11.9. The number of ketones is 1. The molecular weight excluding hydrogens is 258 g/mol. The van der Waals surface area contributed by atoms with Crippen LogP contribution in [0.2, 0.25) is 0 Å². The summed E-state index contributed by atoms with van der Waals surface area (Å²) in [5.74, 6) is 0.615. The molecule has 1 aromatic rings. The highest BCUT2D eigenvalue weighted by Gasteiger charge is 2.17. The Hall–Kier alpha value is -1.88. The molecule has 5 heteroatoms. The molecule has 0 unspecified atom stereocenters. The minimum Gasteiger partial charge on any atom is -0.483 e. The van der Waals surface area contributed by atoms with Crippen molar-refractivity contribution in [2.45, 2.75) is 13.8 Å². The lowest BCUT2D eigenvalue weighted by Crippen LogP contribution is -2.43. The average molecular weight is 277 g/mol. The summed E-state index contributed by atoms with van der Waals surface area (Å²) in [5, 5.41) is 0. The Labute approximate surface area is 118 Å². The van der Waals surface area contributed by atoms with Crippen LogP contribution in [-0.4, -0.2) is 49.5 Å². The van der Waals surface area contributed by atoms with Crippen LogP contribution in [0.25, 0.3) is 0 Å². The lowest BCUT2D eigenvalue weighted by atomic mass is 10.1. The van der Waals surface area contributed by atoms with Crippen LogP contribution >= 0.6 is 0 Å². The van der Waals surface area contributed by atoms with Crippen molar-refractivity contribution < 1.29 is 19.1 Å². The molecule has 0 radical (unpaired) electrons. The number of amides is 1. The molecule has 2 rings (SSSR count). The summed E-state index contributed by atoms with van der Waals surface area (Å²) in [6.45, 7) is 5.80. The number of hydrogen-bond acceptors (Lipinski definition) is 4. The van der Waals surface area contributed by atoms with Gasteiger partial charge in [-0.05, 0) is 37.6 Å². The molecule has 108 valence electrons. The third-order valence-electron chi connectivity index (χ3n) is 3.30. The number of aryl methyl sites for hydroxylation is 1. The summed E-state index contributed by atoms with van der Waals surface area (Å²) in [6, 6.07) is 5.22. The van der Waals surface area contributed by atoms with Gasteiger partial charge in [-0.25, -0.2) is 0 Å². The fraction of sp³-hybridized carbons (Fsp3) is 0.467. The Morgan fingerprint density at radius 2 is 2.00 bits per heavy atom. The molecule has 1 aliphatic rings. The van der Waals surface area contributed by atoms with Crippen molar-refractivity contribution in [2.75, 3.05) is 32.9 Å². The number of nitrogens with zero attached hydrogens (tertiary/aromatic N) is 1. The molecule has 0 aliphatic carbocycles. The lowest BCUT2D eigenvalue weighted by molar-refractivity contribution is -0.137. The van der Waals surface area contributed by atoms with Crippen molar-refractivity contribution in [1.29, 1.82) is 0 Å². The van der Waals surface area contributed by atoms with Gasteiger partial charge in [-0.1, -0.05) is 0 Å². The number of ether oxygens (including phenoxy) is 2. The van der Waals surface area contributed by atoms with E-state index >= 15 is 0 Å². The average Bonchev–Trinajstić information content (AvgIpc) is 2.46. The van der Waals surface area contributed by atoms with Crippen LogP contribution in [0.5, 0.6) is 5.75 Å². The van der Waals surface area contributed by atoms with Crippen LogP contribution in [-0.2, 0) is 9.53 Å².